The Kier molecular flexibility index (Phi) is 1.62. The summed E-state index contributed by atoms with van der Waals surface area (Å²) >= 11 is 4.82. The zero-order valence-corrected chi connectivity index (χ0v) is 6.86. The number of hydrogen-bond acceptors (Lipinski definition) is 2. The minimum Gasteiger partial charge on any atom is -0.493 e. The summed E-state index contributed by atoms with van der Waals surface area (Å²) in [5.74, 6) is 1.02. The van der Waals surface area contributed by atoms with Gasteiger partial charge in [-0.3, -0.25) is 0 Å². The second-order valence-electron chi connectivity index (χ2n) is 2.58. The van der Waals surface area contributed by atoms with Crippen molar-refractivity contribution in [1.82, 2.24) is 0 Å². The normalized spacial score (nSPS) is 13.8. The molecule has 0 unspecified atom stereocenters. The van der Waals surface area contributed by atoms with Gasteiger partial charge in [-0.2, -0.15) is 0 Å². The van der Waals surface area contributed by atoms with Crippen molar-refractivity contribution in [2.24, 2.45) is 0 Å². The van der Waals surface area contributed by atoms with Gasteiger partial charge in [0, 0.05) is 11.8 Å². The Balaban J connectivity index is 2.48. The summed E-state index contributed by atoms with van der Waals surface area (Å²) in [6.07, 6.45) is 1.02. The van der Waals surface area contributed by atoms with E-state index in [0.717, 1.165) is 24.3 Å². The highest BCUT2D eigenvalue weighted by atomic mass is 32.1. The van der Waals surface area contributed by atoms with Crippen LogP contribution in [0.2, 0.25) is 0 Å². The van der Waals surface area contributed by atoms with E-state index in [4.69, 9.17) is 17.0 Å². The van der Waals surface area contributed by atoms with Gasteiger partial charge < -0.3 is 4.74 Å². The molecule has 0 radical (unpaired) electrons. The maximum atomic E-state index is 5.35. The van der Waals surface area contributed by atoms with Gasteiger partial charge in [0.2, 0.25) is 0 Å². The zero-order valence-electron chi connectivity index (χ0n) is 6.04. The average Bonchev–Trinajstić information content (AvgIpc) is 2.50. The van der Waals surface area contributed by atoms with Gasteiger partial charge in [0.1, 0.15) is 5.75 Å². The van der Waals surface area contributed by atoms with Gasteiger partial charge in [-0.25, -0.2) is 0 Å². The first-order valence-electron chi connectivity index (χ1n) is 3.61. The molecular formula is C9H8OS. The van der Waals surface area contributed by atoms with Crippen LogP contribution in [0.4, 0.5) is 0 Å². The third kappa shape index (κ3) is 1.14. The van der Waals surface area contributed by atoms with Crippen molar-refractivity contribution >= 4 is 17.6 Å². The topological polar surface area (TPSA) is 9.23 Å². The standard InChI is InChI=1S/C9H8OS/c11-6-7-1-2-9-8(5-7)3-4-10-9/h1-2,5-6H,3-4H2. The van der Waals surface area contributed by atoms with Crippen LogP contribution in [-0.2, 0) is 6.42 Å². The van der Waals surface area contributed by atoms with Crippen molar-refractivity contribution in [3.8, 4) is 5.75 Å². The summed E-state index contributed by atoms with van der Waals surface area (Å²) < 4.78 is 5.35. The van der Waals surface area contributed by atoms with Crippen LogP contribution in [0.25, 0.3) is 0 Å². The van der Waals surface area contributed by atoms with Gasteiger partial charge in [0.05, 0.1) is 6.61 Å². The third-order valence-electron chi connectivity index (χ3n) is 1.85. The van der Waals surface area contributed by atoms with Crippen LogP contribution in [0.1, 0.15) is 11.1 Å². The first kappa shape index (κ1) is 6.80. The van der Waals surface area contributed by atoms with Crippen molar-refractivity contribution in [2.75, 3.05) is 6.61 Å². The molecule has 11 heavy (non-hydrogen) atoms. The lowest BCUT2D eigenvalue weighted by atomic mass is 10.1. The molecule has 0 aromatic heterocycles. The van der Waals surface area contributed by atoms with Crippen LogP contribution in [0, 0.1) is 0 Å². The van der Waals surface area contributed by atoms with Gasteiger partial charge in [-0.15, -0.1) is 0 Å². The summed E-state index contributed by atoms with van der Waals surface area (Å²) in [5.41, 5.74) is 2.38. The average molecular weight is 164 g/mol. The summed E-state index contributed by atoms with van der Waals surface area (Å²) in [5, 5.41) is 1.69. The molecule has 1 nitrogen and oxygen atoms in total. The molecule has 1 aliphatic heterocycles. The highest BCUT2D eigenvalue weighted by molar-refractivity contribution is 7.79. The first-order chi connectivity index (χ1) is 5.40. The molecular weight excluding hydrogens is 156 g/mol. The van der Waals surface area contributed by atoms with E-state index in [1.807, 2.05) is 12.1 Å². The molecule has 2 rings (SSSR count). The SMILES string of the molecule is S=Cc1ccc2c(c1)CCO2. The van der Waals surface area contributed by atoms with E-state index in [2.05, 4.69) is 6.07 Å². The fraction of sp³-hybridized carbons (Fsp3) is 0.222. The molecule has 0 bridgehead atoms. The maximum absolute atomic E-state index is 5.35. The van der Waals surface area contributed by atoms with Crippen LogP contribution >= 0.6 is 12.2 Å². The van der Waals surface area contributed by atoms with E-state index in [1.165, 1.54) is 5.56 Å². The Hall–Kier alpha value is -0.890. The lowest BCUT2D eigenvalue weighted by Crippen LogP contribution is -1.85. The van der Waals surface area contributed by atoms with Gasteiger partial charge in [-0.05, 0) is 23.3 Å². The van der Waals surface area contributed by atoms with Crippen molar-refractivity contribution < 1.29 is 4.74 Å². The summed E-state index contributed by atoms with van der Waals surface area (Å²) in [4.78, 5) is 0. The highest BCUT2D eigenvalue weighted by Gasteiger charge is 2.10. The Bertz CT molecular complexity index is 294. The van der Waals surface area contributed by atoms with Gasteiger partial charge in [-0.1, -0.05) is 18.3 Å². The molecule has 0 N–H and O–H groups in total. The number of ether oxygens (including phenoxy) is 1. The van der Waals surface area contributed by atoms with Crippen molar-refractivity contribution in [3.05, 3.63) is 29.3 Å². The molecule has 0 aliphatic carbocycles. The van der Waals surface area contributed by atoms with Gasteiger partial charge in [0.25, 0.3) is 0 Å². The monoisotopic (exact) mass is 164 g/mol. The summed E-state index contributed by atoms with van der Waals surface area (Å²) in [6.45, 7) is 0.816. The quantitative estimate of drug-likeness (QED) is 0.587. The molecule has 0 amide bonds. The number of benzene rings is 1. The van der Waals surface area contributed by atoms with Crippen molar-refractivity contribution in [2.45, 2.75) is 6.42 Å². The Morgan fingerprint density at radius 2 is 2.36 bits per heavy atom. The molecule has 0 spiro atoms. The van der Waals surface area contributed by atoms with E-state index in [9.17, 15) is 0 Å². The fourth-order valence-electron chi connectivity index (χ4n) is 1.28. The van der Waals surface area contributed by atoms with E-state index in [1.54, 1.807) is 5.37 Å². The van der Waals surface area contributed by atoms with E-state index in [-0.39, 0.29) is 0 Å². The number of hydrogen-bond donors (Lipinski definition) is 0. The second-order valence-corrected chi connectivity index (χ2v) is 2.82. The lowest BCUT2D eigenvalue weighted by Gasteiger charge is -1.97. The summed E-state index contributed by atoms with van der Waals surface area (Å²) in [7, 11) is 0. The Morgan fingerprint density at radius 3 is 3.18 bits per heavy atom. The molecule has 0 fully saturated rings. The largest absolute Gasteiger partial charge is 0.493 e. The lowest BCUT2D eigenvalue weighted by molar-refractivity contribution is 0.357. The van der Waals surface area contributed by atoms with Gasteiger partial charge in [0.15, 0.2) is 0 Å². The number of rotatable bonds is 1. The molecule has 1 aromatic carbocycles. The zero-order chi connectivity index (χ0) is 7.68. The fourth-order valence-corrected chi connectivity index (χ4v) is 1.43. The van der Waals surface area contributed by atoms with Crippen molar-refractivity contribution in [3.63, 3.8) is 0 Å². The number of thiocarbonyl (C=S) groups is 1. The first-order valence-corrected chi connectivity index (χ1v) is 4.08. The highest BCUT2D eigenvalue weighted by Crippen LogP contribution is 2.25. The minimum atomic E-state index is 0.816. The molecule has 1 aliphatic rings. The van der Waals surface area contributed by atoms with E-state index < -0.39 is 0 Å². The Morgan fingerprint density at radius 1 is 1.45 bits per heavy atom. The van der Waals surface area contributed by atoms with E-state index in [0.29, 0.717) is 0 Å². The third-order valence-corrected chi connectivity index (χ3v) is 2.12. The Labute approximate surface area is 71.0 Å². The smallest absolute Gasteiger partial charge is 0.122 e. The van der Waals surface area contributed by atoms with Crippen LogP contribution in [0.15, 0.2) is 18.2 Å². The summed E-state index contributed by atoms with van der Waals surface area (Å²) in [6, 6.07) is 6.06. The van der Waals surface area contributed by atoms with Crippen LogP contribution < -0.4 is 4.74 Å². The van der Waals surface area contributed by atoms with Crippen molar-refractivity contribution in [1.29, 1.82) is 0 Å². The number of fused-ring (bicyclic) bond motifs is 1. The minimum absolute atomic E-state index is 0.816. The molecule has 0 atom stereocenters. The van der Waals surface area contributed by atoms with Gasteiger partial charge >= 0.3 is 0 Å². The van der Waals surface area contributed by atoms with E-state index >= 15 is 0 Å². The molecule has 1 heterocycles. The second kappa shape index (κ2) is 2.62. The maximum Gasteiger partial charge on any atom is 0.122 e. The molecule has 2 heteroatoms. The van der Waals surface area contributed by atoms with Crippen LogP contribution in [0.5, 0.6) is 5.75 Å². The molecule has 56 valence electrons. The van der Waals surface area contributed by atoms with Crippen LogP contribution in [0.3, 0.4) is 0 Å². The molecule has 0 saturated carbocycles. The van der Waals surface area contributed by atoms with Crippen LogP contribution in [-0.4, -0.2) is 12.0 Å². The predicted molar refractivity (Wildman–Crippen MR) is 48.4 cm³/mol. The predicted octanol–water partition coefficient (Wildman–Crippen LogP) is 1.97. The molecule has 1 aromatic rings. The molecule has 0 saturated heterocycles.